The maximum absolute atomic E-state index is 5.43. The van der Waals surface area contributed by atoms with Crippen molar-refractivity contribution in [2.24, 2.45) is 16.6 Å². The molecule has 70 valence electrons. The van der Waals surface area contributed by atoms with Crippen LogP contribution in [0.5, 0.6) is 0 Å². The van der Waals surface area contributed by atoms with E-state index in [2.05, 4.69) is 10.4 Å². The molecule has 0 heterocycles. The summed E-state index contributed by atoms with van der Waals surface area (Å²) in [7, 11) is 1.70. The Morgan fingerprint density at radius 2 is 2.33 bits per heavy atom. The van der Waals surface area contributed by atoms with E-state index in [9.17, 15) is 0 Å². The Balaban J connectivity index is 2.50. The van der Waals surface area contributed by atoms with Gasteiger partial charge in [0.05, 0.1) is 12.1 Å². The molecule has 12 heavy (non-hydrogen) atoms. The number of nitrogens with two attached hydrogens (primary N) is 2. The van der Waals surface area contributed by atoms with E-state index < -0.39 is 0 Å². The number of hydrazine groups is 1. The van der Waals surface area contributed by atoms with Gasteiger partial charge in [-0.25, -0.2) is 10.8 Å². The van der Waals surface area contributed by atoms with Crippen LogP contribution in [-0.2, 0) is 4.74 Å². The second kappa shape index (κ2) is 4.27. The molecule has 0 amide bonds. The number of aliphatic imine (C=N–C) groups is 1. The van der Waals surface area contributed by atoms with E-state index in [1.807, 2.05) is 0 Å². The lowest BCUT2D eigenvalue weighted by molar-refractivity contribution is 0.0965. The highest BCUT2D eigenvalue weighted by Crippen LogP contribution is 2.23. The first-order valence-electron chi connectivity index (χ1n) is 4.10. The fourth-order valence-electron chi connectivity index (χ4n) is 1.54. The summed E-state index contributed by atoms with van der Waals surface area (Å²) in [6.07, 6.45) is 3.44. The van der Waals surface area contributed by atoms with Crippen molar-refractivity contribution >= 4 is 5.96 Å². The summed E-state index contributed by atoms with van der Waals surface area (Å²) in [5.74, 6) is 5.37. The van der Waals surface area contributed by atoms with Crippen molar-refractivity contribution in [1.82, 2.24) is 5.43 Å². The lowest BCUT2D eigenvalue weighted by atomic mass is 10.2. The minimum absolute atomic E-state index is 0.172. The Kier molecular flexibility index (Phi) is 3.31. The van der Waals surface area contributed by atoms with Crippen LogP contribution in [0.3, 0.4) is 0 Å². The zero-order chi connectivity index (χ0) is 8.97. The molecule has 0 spiro atoms. The Morgan fingerprint density at radius 1 is 1.58 bits per heavy atom. The zero-order valence-corrected chi connectivity index (χ0v) is 7.29. The van der Waals surface area contributed by atoms with Crippen LogP contribution in [-0.4, -0.2) is 25.2 Å². The molecule has 1 rings (SSSR count). The molecular formula is C7H16N4O. The monoisotopic (exact) mass is 172 g/mol. The van der Waals surface area contributed by atoms with E-state index in [1.54, 1.807) is 7.11 Å². The summed E-state index contributed by atoms with van der Waals surface area (Å²) < 4.78 is 5.24. The number of guanidine groups is 1. The second-order valence-electron chi connectivity index (χ2n) is 2.93. The van der Waals surface area contributed by atoms with Crippen molar-refractivity contribution in [3.63, 3.8) is 0 Å². The fraction of sp³-hybridized carbons (Fsp3) is 0.857. The van der Waals surface area contributed by atoms with Gasteiger partial charge in [-0.1, -0.05) is 0 Å². The van der Waals surface area contributed by atoms with Gasteiger partial charge < -0.3 is 10.5 Å². The number of hydrogen-bond donors (Lipinski definition) is 3. The third kappa shape index (κ3) is 2.09. The number of hydrogen-bond acceptors (Lipinski definition) is 3. The standard InChI is InChI=1S/C7H16N4O/c1-12-6-4-2-3-5(6)10-7(8)11-9/h5-6H,2-4,9H2,1H3,(H3,8,10,11). The van der Waals surface area contributed by atoms with Gasteiger partial charge in [0.15, 0.2) is 0 Å². The molecule has 5 heteroatoms. The highest BCUT2D eigenvalue weighted by Gasteiger charge is 2.26. The quantitative estimate of drug-likeness (QED) is 0.223. The van der Waals surface area contributed by atoms with Crippen molar-refractivity contribution in [2.75, 3.05) is 7.11 Å². The summed E-state index contributed by atoms with van der Waals surface area (Å²) in [4.78, 5) is 4.18. The van der Waals surface area contributed by atoms with Crippen molar-refractivity contribution in [3.05, 3.63) is 0 Å². The third-order valence-corrected chi connectivity index (χ3v) is 2.17. The SMILES string of the molecule is COC1CCCC1N=C(N)NN. The summed E-state index contributed by atoms with van der Waals surface area (Å²) in [5.41, 5.74) is 7.74. The van der Waals surface area contributed by atoms with E-state index in [1.165, 1.54) is 0 Å². The van der Waals surface area contributed by atoms with Crippen LogP contribution >= 0.6 is 0 Å². The van der Waals surface area contributed by atoms with Crippen LogP contribution in [0, 0.1) is 0 Å². The fourth-order valence-corrected chi connectivity index (χ4v) is 1.54. The maximum atomic E-state index is 5.43. The lowest BCUT2D eigenvalue weighted by Crippen LogP contribution is -2.39. The summed E-state index contributed by atoms with van der Waals surface area (Å²) in [5, 5.41) is 0. The molecule has 1 aliphatic rings. The van der Waals surface area contributed by atoms with Crippen molar-refractivity contribution in [3.8, 4) is 0 Å². The summed E-state index contributed by atoms with van der Waals surface area (Å²) in [6, 6.07) is 0.172. The topological polar surface area (TPSA) is 85.7 Å². The van der Waals surface area contributed by atoms with Crippen LogP contribution in [0.1, 0.15) is 19.3 Å². The van der Waals surface area contributed by atoms with E-state index >= 15 is 0 Å². The van der Waals surface area contributed by atoms with Crippen LogP contribution in [0.2, 0.25) is 0 Å². The number of rotatable bonds is 2. The molecule has 5 nitrogen and oxygen atoms in total. The van der Waals surface area contributed by atoms with Crippen LogP contribution in [0.25, 0.3) is 0 Å². The molecule has 2 atom stereocenters. The zero-order valence-electron chi connectivity index (χ0n) is 7.29. The Hall–Kier alpha value is -0.810. The summed E-state index contributed by atoms with van der Waals surface area (Å²) >= 11 is 0. The molecule has 5 N–H and O–H groups in total. The van der Waals surface area contributed by atoms with Gasteiger partial charge >= 0.3 is 0 Å². The molecule has 0 aromatic rings. The minimum atomic E-state index is 0.172. The Bertz CT molecular complexity index is 171. The molecule has 2 unspecified atom stereocenters. The minimum Gasteiger partial charge on any atom is -0.379 e. The van der Waals surface area contributed by atoms with Crippen molar-refractivity contribution in [1.29, 1.82) is 0 Å². The maximum Gasteiger partial charge on any atom is 0.203 e. The van der Waals surface area contributed by atoms with Crippen LogP contribution in [0.15, 0.2) is 4.99 Å². The predicted molar refractivity (Wildman–Crippen MR) is 47.4 cm³/mol. The number of ether oxygens (including phenoxy) is 1. The molecule has 1 aliphatic carbocycles. The first-order valence-corrected chi connectivity index (χ1v) is 4.10. The first kappa shape index (κ1) is 9.28. The molecule has 0 aromatic heterocycles. The highest BCUT2D eigenvalue weighted by atomic mass is 16.5. The number of nitrogens with zero attached hydrogens (tertiary/aromatic N) is 1. The largest absolute Gasteiger partial charge is 0.379 e. The average Bonchev–Trinajstić information content (AvgIpc) is 2.51. The normalized spacial score (nSPS) is 30.7. The highest BCUT2D eigenvalue weighted by molar-refractivity contribution is 5.77. The molecular weight excluding hydrogens is 156 g/mol. The van der Waals surface area contributed by atoms with Gasteiger partial charge in [-0.05, 0) is 19.3 Å². The van der Waals surface area contributed by atoms with Gasteiger partial charge in [0.1, 0.15) is 0 Å². The molecule has 0 aliphatic heterocycles. The van der Waals surface area contributed by atoms with Gasteiger partial charge in [0, 0.05) is 7.11 Å². The predicted octanol–water partition coefficient (Wildman–Crippen LogP) is -0.668. The van der Waals surface area contributed by atoms with Crippen LogP contribution in [0.4, 0.5) is 0 Å². The van der Waals surface area contributed by atoms with Gasteiger partial charge in [-0.3, -0.25) is 5.43 Å². The lowest BCUT2D eigenvalue weighted by Gasteiger charge is -2.14. The van der Waals surface area contributed by atoms with Gasteiger partial charge in [-0.2, -0.15) is 0 Å². The van der Waals surface area contributed by atoms with Gasteiger partial charge in [-0.15, -0.1) is 0 Å². The first-order chi connectivity index (χ1) is 5.77. The van der Waals surface area contributed by atoms with Gasteiger partial charge in [0.25, 0.3) is 0 Å². The van der Waals surface area contributed by atoms with E-state index in [0.29, 0.717) is 0 Å². The average molecular weight is 172 g/mol. The second-order valence-corrected chi connectivity index (χ2v) is 2.93. The molecule has 1 fully saturated rings. The Labute approximate surface area is 72.1 Å². The van der Waals surface area contributed by atoms with Gasteiger partial charge in [0.2, 0.25) is 5.96 Å². The van der Waals surface area contributed by atoms with E-state index in [0.717, 1.165) is 19.3 Å². The molecule has 0 aromatic carbocycles. The molecule has 0 saturated heterocycles. The molecule has 0 radical (unpaired) electrons. The number of nitrogens with one attached hydrogen (secondary N) is 1. The van der Waals surface area contributed by atoms with E-state index in [-0.39, 0.29) is 18.1 Å². The summed E-state index contributed by atoms with van der Waals surface area (Å²) in [6.45, 7) is 0. The molecule has 0 bridgehead atoms. The van der Waals surface area contributed by atoms with Crippen LogP contribution < -0.4 is 17.0 Å². The van der Waals surface area contributed by atoms with E-state index in [4.69, 9.17) is 16.3 Å². The third-order valence-electron chi connectivity index (χ3n) is 2.17. The van der Waals surface area contributed by atoms with Crippen molar-refractivity contribution in [2.45, 2.75) is 31.4 Å². The number of methoxy groups -OCH3 is 1. The Morgan fingerprint density at radius 3 is 2.92 bits per heavy atom. The molecule has 1 saturated carbocycles. The smallest absolute Gasteiger partial charge is 0.203 e. The van der Waals surface area contributed by atoms with Crippen molar-refractivity contribution < 1.29 is 4.74 Å².